The van der Waals surface area contributed by atoms with E-state index in [1.807, 2.05) is 19.1 Å². The highest BCUT2D eigenvalue weighted by Crippen LogP contribution is 1.66. The Morgan fingerprint density at radius 1 is 1.60 bits per heavy atom. The van der Waals surface area contributed by atoms with Crippen molar-refractivity contribution in [2.45, 2.75) is 0 Å². The Morgan fingerprint density at radius 3 is 1.80 bits per heavy atom. The Hall–Kier alpha value is 0.350. The van der Waals surface area contributed by atoms with Crippen LogP contribution in [0.15, 0.2) is 0 Å². The number of rotatable bonds is 1. The fourth-order valence-electron chi connectivity index (χ4n) is 0. The molecule has 0 aliphatic carbocycles. The van der Waals surface area contributed by atoms with Gasteiger partial charge in [0.2, 0.25) is 0 Å². The highest BCUT2D eigenvalue weighted by atomic mass is 31.0. The number of nitrogens with zero attached hydrogens (tertiary/aromatic N) is 1. The number of hydrazine groups is 1. The summed E-state index contributed by atoms with van der Waals surface area (Å²) in [7, 11) is 6.22. The third kappa shape index (κ3) is 4.35. The van der Waals surface area contributed by atoms with E-state index >= 15 is 0 Å². The first-order valence-electron chi connectivity index (χ1n) is 1.41. The van der Waals surface area contributed by atoms with Crippen molar-refractivity contribution in [3.63, 3.8) is 0 Å². The molecule has 0 aliphatic rings. The van der Waals surface area contributed by atoms with Gasteiger partial charge in [-0.3, -0.25) is 0 Å². The van der Waals surface area contributed by atoms with Crippen LogP contribution in [0.4, 0.5) is 0 Å². The standard InChI is InChI=1S/C2H9N2P/c1-4(2)3-5/h3H,5H2,1-2H3. The molecule has 1 unspecified atom stereocenters. The van der Waals surface area contributed by atoms with Gasteiger partial charge in [0.05, 0.1) is 0 Å². The molecule has 0 fully saturated rings. The molecule has 0 rings (SSSR count). The van der Waals surface area contributed by atoms with Gasteiger partial charge in [0.1, 0.15) is 0 Å². The zero-order chi connectivity index (χ0) is 4.28. The summed E-state index contributed by atoms with van der Waals surface area (Å²) in [5, 5.41) is 4.62. The van der Waals surface area contributed by atoms with E-state index in [0.29, 0.717) is 0 Å². The lowest BCUT2D eigenvalue weighted by atomic mass is 11.2. The Morgan fingerprint density at radius 2 is 1.80 bits per heavy atom. The van der Waals surface area contributed by atoms with Crippen LogP contribution in [0.2, 0.25) is 0 Å². The minimum atomic E-state index is 1.84. The molecule has 0 saturated heterocycles. The van der Waals surface area contributed by atoms with Gasteiger partial charge in [-0.15, -0.1) is 0 Å². The first-order valence-corrected chi connectivity index (χ1v) is 1.98. The molecule has 5 heavy (non-hydrogen) atoms. The maximum Gasteiger partial charge on any atom is 0.00158 e. The Bertz CT molecular complexity index is 21.6. The minimum Gasteiger partial charge on any atom is -0.248 e. The highest BCUT2D eigenvalue weighted by molar-refractivity contribution is 7.13. The molecule has 0 aromatic carbocycles. The van der Waals surface area contributed by atoms with E-state index in [2.05, 4.69) is 14.6 Å². The summed E-state index contributed by atoms with van der Waals surface area (Å²) in [4.78, 5) is 0. The summed E-state index contributed by atoms with van der Waals surface area (Å²) >= 11 is 0. The lowest BCUT2D eigenvalue weighted by Crippen LogP contribution is -2.19. The maximum atomic E-state index is 2.78. The third-order valence-electron chi connectivity index (χ3n) is 0.258. The largest absolute Gasteiger partial charge is 0.248 e. The molecular formula is C2H9N2P. The Labute approximate surface area is 34.8 Å². The van der Waals surface area contributed by atoms with Gasteiger partial charge < -0.3 is 0 Å². The van der Waals surface area contributed by atoms with E-state index in [1.165, 1.54) is 0 Å². The molecule has 0 heterocycles. The summed E-state index contributed by atoms with van der Waals surface area (Å²) in [5.74, 6) is 0. The van der Waals surface area contributed by atoms with Gasteiger partial charge in [0, 0.05) is 14.1 Å². The van der Waals surface area contributed by atoms with Crippen LogP contribution >= 0.6 is 9.39 Å². The van der Waals surface area contributed by atoms with Gasteiger partial charge >= 0.3 is 0 Å². The normalized spacial score (nSPS) is 9.60. The molecular weight excluding hydrogens is 83.0 g/mol. The van der Waals surface area contributed by atoms with Crippen LogP contribution in [0.5, 0.6) is 0 Å². The predicted molar refractivity (Wildman–Crippen MR) is 26.5 cm³/mol. The minimum absolute atomic E-state index is 1.84. The van der Waals surface area contributed by atoms with Crippen molar-refractivity contribution in [1.82, 2.24) is 10.2 Å². The van der Waals surface area contributed by atoms with Gasteiger partial charge in [-0.05, 0) is 0 Å². The van der Waals surface area contributed by atoms with Crippen molar-refractivity contribution in [2.24, 2.45) is 0 Å². The van der Waals surface area contributed by atoms with Crippen LogP contribution in [-0.4, -0.2) is 19.1 Å². The number of nitrogens with one attached hydrogen (secondary N) is 1. The van der Waals surface area contributed by atoms with Gasteiger partial charge in [-0.25, -0.2) is 10.2 Å². The smallest absolute Gasteiger partial charge is 0.00158 e. The number of hydrogen-bond acceptors (Lipinski definition) is 2. The first kappa shape index (κ1) is 5.35. The lowest BCUT2D eigenvalue weighted by Gasteiger charge is -2.02. The molecule has 0 spiro atoms. The third-order valence-corrected chi connectivity index (χ3v) is 0.775. The van der Waals surface area contributed by atoms with E-state index in [4.69, 9.17) is 0 Å². The zero-order valence-corrected chi connectivity index (χ0v) is 4.68. The molecule has 0 aromatic heterocycles. The first-order chi connectivity index (χ1) is 2.27. The van der Waals surface area contributed by atoms with Crippen LogP contribution in [0.1, 0.15) is 0 Å². The topological polar surface area (TPSA) is 15.3 Å². The molecule has 0 aromatic rings. The Balaban J connectivity index is 2.54. The van der Waals surface area contributed by atoms with Gasteiger partial charge in [-0.2, -0.15) is 0 Å². The van der Waals surface area contributed by atoms with Crippen molar-refractivity contribution in [1.29, 1.82) is 0 Å². The van der Waals surface area contributed by atoms with E-state index in [9.17, 15) is 0 Å². The summed E-state index contributed by atoms with van der Waals surface area (Å²) in [6.07, 6.45) is 0. The van der Waals surface area contributed by atoms with E-state index in [1.54, 1.807) is 0 Å². The van der Waals surface area contributed by atoms with Gasteiger partial charge in [0.25, 0.3) is 0 Å². The van der Waals surface area contributed by atoms with E-state index < -0.39 is 0 Å². The quantitative estimate of drug-likeness (QED) is 0.357. The van der Waals surface area contributed by atoms with Crippen LogP contribution in [0.3, 0.4) is 0 Å². The van der Waals surface area contributed by atoms with Gasteiger partial charge in [0.15, 0.2) is 0 Å². The molecule has 0 radical (unpaired) electrons. The van der Waals surface area contributed by atoms with Crippen molar-refractivity contribution >= 4 is 9.39 Å². The Kier molecular flexibility index (Phi) is 2.76. The van der Waals surface area contributed by atoms with Crippen molar-refractivity contribution in [3.8, 4) is 0 Å². The van der Waals surface area contributed by atoms with Gasteiger partial charge in [-0.1, -0.05) is 9.39 Å². The molecule has 0 aliphatic heterocycles. The number of hydrogen-bond donors (Lipinski definition) is 1. The average Bonchev–Trinajstić information content (AvgIpc) is 1.38. The fourth-order valence-corrected chi connectivity index (χ4v) is 0. The van der Waals surface area contributed by atoms with Crippen LogP contribution in [-0.2, 0) is 0 Å². The summed E-state index contributed by atoms with van der Waals surface area (Å²) in [6.45, 7) is 0. The second-order valence-electron chi connectivity index (χ2n) is 1.02. The second-order valence-corrected chi connectivity index (χ2v) is 1.28. The highest BCUT2D eigenvalue weighted by Gasteiger charge is 1.69. The maximum absolute atomic E-state index is 2.78. The average molecular weight is 92.1 g/mol. The van der Waals surface area contributed by atoms with Crippen molar-refractivity contribution in [3.05, 3.63) is 0 Å². The van der Waals surface area contributed by atoms with E-state index in [0.717, 1.165) is 0 Å². The molecule has 0 amide bonds. The zero-order valence-electron chi connectivity index (χ0n) is 3.52. The summed E-state index contributed by atoms with van der Waals surface area (Å²) < 4.78 is 0. The summed E-state index contributed by atoms with van der Waals surface area (Å²) in [5.41, 5.74) is 0. The monoisotopic (exact) mass is 92.1 g/mol. The fraction of sp³-hybridized carbons (Fsp3) is 1.00. The summed E-state index contributed by atoms with van der Waals surface area (Å²) in [6, 6.07) is 0. The molecule has 2 nitrogen and oxygen atoms in total. The molecule has 32 valence electrons. The second kappa shape index (κ2) is 2.58. The van der Waals surface area contributed by atoms with Crippen LogP contribution in [0.25, 0.3) is 0 Å². The predicted octanol–water partition coefficient (Wildman–Crippen LogP) is -0.157. The molecule has 0 bridgehead atoms. The SMILES string of the molecule is CN(C)NP. The van der Waals surface area contributed by atoms with Crippen molar-refractivity contribution in [2.75, 3.05) is 14.1 Å². The molecule has 3 heteroatoms. The van der Waals surface area contributed by atoms with Crippen LogP contribution < -0.4 is 5.20 Å². The molecule has 1 atom stereocenters. The molecule has 1 N–H and O–H groups in total. The van der Waals surface area contributed by atoms with E-state index in [-0.39, 0.29) is 0 Å². The lowest BCUT2D eigenvalue weighted by molar-refractivity contribution is 0.385. The van der Waals surface area contributed by atoms with Crippen molar-refractivity contribution < 1.29 is 0 Å². The molecule has 0 saturated carbocycles. The van der Waals surface area contributed by atoms with Crippen LogP contribution in [0, 0.1) is 0 Å².